The van der Waals surface area contributed by atoms with E-state index in [0.717, 1.165) is 23.4 Å². The van der Waals surface area contributed by atoms with Crippen LogP contribution in [0.15, 0.2) is 29.4 Å². The van der Waals surface area contributed by atoms with Gasteiger partial charge in [0.15, 0.2) is 0 Å². The van der Waals surface area contributed by atoms with Gasteiger partial charge in [0.25, 0.3) is 0 Å². The predicted molar refractivity (Wildman–Crippen MR) is 90.7 cm³/mol. The quantitative estimate of drug-likeness (QED) is 0.640. The summed E-state index contributed by atoms with van der Waals surface area (Å²) in [7, 11) is 0. The third-order valence-corrected chi connectivity index (χ3v) is 6.29. The maximum absolute atomic E-state index is 10.9. The molecule has 0 heterocycles. The molecule has 4 aliphatic rings. The molecule has 0 aromatic heterocycles. The third kappa shape index (κ3) is 2.64. The lowest BCUT2D eigenvalue weighted by molar-refractivity contribution is -0.0126. The second-order valence-corrected chi connectivity index (χ2v) is 7.89. The van der Waals surface area contributed by atoms with Gasteiger partial charge in [0.05, 0.1) is 11.3 Å². The molecule has 1 aromatic rings. The fourth-order valence-electron chi connectivity index (χ4n) is 5.51. The summed E-state index contributed by atoms with van der Waals surface area (Å²) in [6, 6.07) is 6.78. The van der Waals surface area contributed by atoms with Crippen LogP contribution in [0.4, 0.5) is 5.69 Å². The lowest BCUT2D eigenvalue weighted by Crippen LogP contribution is -2.49. The molecule has 0 spiro atoms. The number of carbonyl (C=O) groups is 1. The Labute approximate surface area is 137 Å². The molecule has 4 bridgehead atoms. The molecule has 0 atom stereocenters. The Morgan fingerprint density at radius 2 is 1.61 bits per heavy atom. The van der Waals surface area contributed by atoms with Crippen molar-refractivity contribution in [2.24, 2.45) is 28.3 Å². The molecule has 0 unspecified atom stereocenters. The summed E-state index contributed by atoms with van der Waals surface area (Å²) in [5.41, 5.74) is 5.84. The highest BCUT2D eigenvalue weighted by atomic mass is 16.4. The van der Waals surface area contributed by atoms with Crippen LogP contribution in [0, 0.1) is 23.2 Å². The van der Waals surface area contributed by atoms with E-state index in [2.05, 4.69) is 17.5 Å². The number of aromatic carboxylic acids is 1. The molecule has 4 nitrogen and oxygen atoms in total. The van der Waals surface area contributed by atoms with Crippen molar-refractivity contribution in [1.29, 1.82) is 0 Å². The Balaban J connectivity index is 1.49. The lowest BCUT2D eigenvalue weighted by atomic mass is 9.48. The van der Waals surface area contributed by atoms with Crippen molar-refractivity contribution in [3.8, 4) is 0 Å². The van der Waals surface area contributed by atoms with Gasteiger partial charge in [-0.3, -0.25) is 5.43 Å². The van der Waals surface area contributed by atoms with Crippen LogP contribution < -0.4 is 5.43 Å². The summed E-state index contributed by atoms with van der Waals surface area (Å²) in [6.45, 7) is 2.17. The van der Waals surface area contributed by atoms with Crippen molar-refractivity contribution in [3.63, 3.8) is 0 Å². The molecule has 4 heteroatoms. The molecule has 5 rings (SSSR count). The Kier molecular flexibility index (Phi) is 3.43. The molecule has 4 saturated carbocycles. The fraction of sp³-hybridized carbons (Fsp3) is 0.579. The summed E-state index contributed by atoms with van der Waals surface area (Å²) in [4.78, 5) is 10.9. The maximum Gasteiger partial charge on any atom is 0.335 e. The van der Waals surface area contributed by atoms with Crippen LogP contribution >= 0.6 is 0 Å². The van der Waals surface area contributed by atoms with Crippen LogP contribution in [0.1, 0.15) is 55.8 Å². The topological polar surface area (TPSA) is 61.7 Å². The maximum atomic E-state index is 10.9. The first-order chi connectivity index (χ1) is 11.0. The molecule has 0 radical (unpaired) electrons. The normalized spacial score (nSPS) is 35.3. The average Bonchev–Trinajstić information content (AvgIpc) is 2.51. The number of carboxylic acids is 1. The first-order valence-electron chi connectivity index (χ1n) is 8.68. The number of hydrogen-bond acceptors (Lipinski definition) is 3. The van der Waals surface area contributed by atoms with Gasteiger partial charge in [-0.15, -0.1) is 0 Å². The Hall–Kier alpha value is -1.84. The van der Waals surface area contributed by atoms with Crippen LogP contribution in [-0.2, 0) is 0 Å². The number of nitrogens with one attached hydrogen (secondary N) is 1. The van der Waals surface area contributed by atoms with E-state index < -0.39 is 5.97 Å². The fourth-order valence-corrected chi connectivity index (χ4v) is 5.51. The van der Waals surface area contributed by atoms with Crippen molar-refractivity contribution >= 4 is 17.4 Å². The molecule has 122 valence electrons. The molecule has 23 heavy (non-hydrogen) atoms. The molecule has 2 N–H and O–H groups in total. The highest BCUT2D eigenvalue weighted by Gasteiger charge is 2.52. The highest BCUT2D eigenvalue weighted by molar-refractivity contribution is 5.89. The molecule has 4 fully saturated rings. The van der Waals surface area contributed by atoms with Gasteiger partial charge < -0.3 is 5.11 Å². The Bertz CT molecular complexity index is 613. The van der Waals surface area contributed by atoms with Gasteiger partial charge in [-0.1, -0.05) is 0 Å². The average molecular weight is 312 g/mol. The van der Waals surface area contributed by atoms with Crippen molar-refractivity contribution in [3.05, 3.63) is 29.8 Å². The van der Waals surface area contributed by atoms with Crippen LogP contribution in [0.25, 0.3) is 0 Å². The number of rotatable bonds is 4. The van der Waals surface area contributed by atoms with Crippen molar-refractivity contribution in [2.75, 3.05) is 5.43 Å². The molecule has 0 aliphatic heterocycles. The van der Waals surface area contributed by atoms with Gasteiger partial charge in [0, 0.05) is 11.1 Å². The second-order valence-electron chi connectivity index (χ2n) is 7.89. The zero-order chi connectivity index (χ0) is 16.0. The first-order valence-corrected chi connectivity index (χ1v) is 8.68. The predicted octanol–water partition coefficient (Wildman–Crippen LogP) is 4.39. The molecular formula is C19H24N2O2. The van der Waals surface area contributed by atoms with Gasteiger partial charge in [-0.2, -0.15) is 5.10 Å². The van der Waals surface area contributed by atoms with E-state index in [9.17, 15) is 4.79 Å². The van der Waals surface area contributed by atoms with Gasteiger partial charge >= 0.3 is 5.97 Å². The third-order valence-electron chi connectivity index (χ3n) is 6.29. The molecule has 0 amide bonds. The largest absolute Gasteiger partial charge is 0.478 e. The van der Waals surface area contributed by atoms with Gasteiger partial charge in [-0.25, -0.2) is 4.79 Å². The second kappa shape index (κ2) is 5.36. The monoisotopic (exact) mass is 312 g/mol. The van der Waals surface area contributed by atoms with Crippen LogP contribution in [0.3, 0.4) is 0 Å². The standard InChI is InChI=1S/C19H24N2O2/c1-12(20-21-17-4-2-16(3-5-17)18(22)23)19-9-13-6-14(10-19)8-15(7-13)11-19/h2-5,13-15,21H,6-11H2,1H3,(H,22,23)/b20-12-. The number of anilines is 1. The Morgan fingerprint density at radius 1 is 1.09 bits per heavy atom. The first kappa shape index (κ1) is 14.7. The number of hydrogen-bond donors (Lipinski definition) is 2. The van der Waals surface area contributed by atoms with Gasteiger partial charge in [-0.05, 0) is 87.5 Å². The summed E-state index contributed by atoms with van der Waals surface area (Å²) in [5.74, 6) is 1.86. The van der Waals surface area contributed by atoms with E-state index in [-0.39, 0.29) is 0 Å². The van der Waals surface area contributed by atoms with Crippen LogP contribution in [0.2, 0.25) is 0 Å². The molecule has 4 aliphatic carbocycles. The Morgan fingerprint density at radius 3 is 2.09 bits per heavy atom. The smallest absolute Gasteiger partial charge is 0.335 e. The minimum Gasteiger partial charge on any atom is -0.478 e. The van der Waals surface area contributed by atoms with E-state index >= 15 is 0 Å². The number of benzene rings is 1. The number of hydrazone groups is 1. The summed E-state index contributed by atoms with van der Waals surface area (Å²) in [6.07, 6.45) is 8.26. The van der Waals surface area contributed by atoms with Crippen molar-refractivity contribution in [2.45, 2.75) is 45.4 Å². The number of nitrogens with zero attached hydrogens (tertiary/aromatic N) is 1. The van der Waals surface area contributed by atoms with Gasteiger partial charge in [0.1, 0.15) is 0 Å². The minimum absolute atomic E-state index is 0.303. The van der Waals surface area contributed by atoms with Crippen molar-refractivity contribution < 1.29 is 9.90 Å². The molecule has 0 saturated heterocycles. The van der Waals surface area contributed by atoms with Crippen molar-refractivity contribution in [1.82, 2.24) is 0 Å². The van der Waals surface area contributed by atoms with Crippen LogP contribution in [0.5, 0.6) is 0 Å². The summed E-state index contributed by atoms with van der Waals surface area (Å²) >= 11 is 0. The lowest BCUT2D eigenvalue weighted by Gasteiger charge is -2.56. The molecular weight excluding hydrogens is 288 g/mol. The highest BCUT2D eigenvalue weighted by Crippen LogP contribution is 2.60. The zero-order valence-corrected chi connectivity index (χ0v) is 13.6. The van der Waals surface area contributed by atoms with Gasteiger partial charge in [0.2, 0.25) is 0 Å². The van der Waals surface area contributed by atoms with Crippen LogP contribution in [-0.4, -0.2) is 16.8 Å². The SMILES string of the molecule is C/C(=N/Nc1ccc(C(=O)O)cc1)C12CC3CC(CC(C3)C1)C2. The minimum atomic E-state index is -0.898. The van der Waals surface area contributed by atoms with E-state index in [1.807, 2.05) is 0 Å². The van der Waals surface area contributed by atoms with E-state index in [0.29, 0.717) is 11.0 Å². The summed E-state index contributed by atoms with van der Waals surface area (Å²) in [5, 5.41) is 13.6. The van der Waals surface area contributed by atoms with E-state index in [4.69, 9.17) is 5.11 Å². The number of carboxylic acid groups (broad SMARTS) is 1. The van der Waals surface area contributed by atoms with E-state index in [1.165, 1.54) is 44.2 Å². The molecule has 1 aromatic carbocycles. The van der Waals surface area contributed by atoms with E-state index in [1.54, 1.807) is 24.3 Å². The zero-order valence-electron chi connectivity index (χ0n) is 13.6. The summed E-state index contributed by atoms with van der Waals surface area (Å²) < 4.78 is 0.